The molecular formula is C19H38NO4P+2. The van der Waals surface area contributed by atoms with E-state index < -0.39 is 8.03 Å². The van der Waals surface area contributed by atoms with Gasteiger partial charge >= 0.3 is 14.0 Å². The van der Waals surface area contributed by atoms with Gasteiger partial charge in [-0.3, -0.25) is 0 Å². The Hall–Kier alpha value is -0.770. The van der Waals surface area contributed by atoms with Gasteiger partial charge in [0.15, 0.2) is 12.8 Å². The molecule has 0 rings (SSSR count). The lowest BCUT2D eigenvalue weighted by molar-refractivity contribution is -0.870. The van der Waals surface area contributed by atoms with Crippen LogP contribution in [0.4, 0.5) is 0 Å². The maximum absolute atomic E-state index is 11.7. The van der Waals surface area contributed by atoms with Gasteiger partial charge in [0.1, 0.15) is 6.54 Å². The Bertz CT molecular complexity index is 405. The van der Waals surface area contributed by atoms with Crippen molar-refractivity contribution in [2.24, 2.45) is 0 Å². The van der Waals surface area contributed by atoms with Gasteiger partial charge in [0.25, 0.3) is 0 Å². The van der Waals surface area contributed by atoms with Gasteiger partial charge in [-0.15, -0.1) is 4.52 Å². The number of esters is 1. The van der Waals surface area contributed by atoms with Crippen molar-refractivity contribution in [3.63, 3.8) is 0 Å². The first-order valence-electron chi connectivity index (χ1n) is 9.43. The van der Waals surface area contributed by atoms with Crippen LogP contribution in [-0.2, 0) is 18.6 Å². The van der Waals surface area contributed by atoms with Gasteiger partial charge in [0, 0.05) is 5.57 Å². The van der Waals surface area contributed by atoms with Crippen LogP contribution in [0.3, 0.4) is 0 Å². The van der Waals surface area contributed by atoms with E-state index in [1.54, 1.807) is 6.92 Å². The minimum absolute atomic E-state index is 0.292. The van der Waals surface area contributed by atoms with E-state index in [0.717, 1.165) is 36.7 Å². The minimum Gasteiger partial charge on any atom is -0.462 e. The van der Waals surface area contributed by atoms with Gasteiger partial charge in [-0.05, 0) is 30.8 Å². The Kier molecular flexibility index (Phi) is 14.0. The van der Waals surface area contributed by atoms with E-state index in [2.05, 4.69) is 27.7 Å². The maximum atomic E-state index is 11.7. The molecule has 0 fully saturated rings. The molecule has 1 atom stereocenters. The molecule has 0 amide bonds. The van der Waals surface area contributed by atoms with Crippen LogP contribution in [0.1, 0.15) is 58.3 Å². The molecule has 0 aliphatic heterocycles. The fourth-order valence-corrected chi connectivity index (χ4v) is 3.07. The smallest absolute Gasteiger partial charge is 0.462 e. The lowest BCUT2D eigenvalue weighted by Gasteiger charge is -2.21. The molecule has 0 aromatic rings. The number of quaternary nitrogens is 1. The zero-order chi connectivity index (χ0) is 19.1. The van der Waals surface area contributed by atoms with E-state index in [9.17, 15) is 9.36 Å². The van der Waals surface area contributed by atoms with E-state index >= 15 is 0 Å². The van der Waals surface area contributed by atoms with E-state index in [-0.39, 0.29) is 5.97 Å². The van der Waals surface area contributed by atoms with E-state index in [0.29, 0.717) is 24.9 Å². The van der Waals surface area contributed by atoms with Crippen molar-refractivity contribution in [2.45, 2.75) is 58.3 Å². The second-order valence-corrected chi connectivity index (χ2v) is 9.02. The molecule has 5 nitrogen and oxygen atoms in total. The Morgan fingerprint density at radius 3 is 1.96 bits per heavy atom. The lowest BCUT2D eigenvalue weighted by atomic mass is 10.1. The minimum atomic E-state index is -1.49. The van der Waals surface area contributed by atoms with Gasteiger partial charge in [-0.2, -0.15) is 0 Å². The van der Waals surface area contributed by atoms with Crippen LogP contribution in [0.5, 0.6) is 0 Å². The Balaban J connectivity index is 3.29. The van der Waals surface area contributed by atoms with Gasteiger partial charge in [-0.25, -0.2) is 4.79 Å². The van der Waals surface area contributed by atoms with Gasteiger partial charge < -0.3 is 9.22 Å². The van der Waals surface area contributed by atoms with Crippen LogP contribution in [0.15, 0.2) is 12.2 Å². The quantitative estimate of drug-likeness (QED) is 0.129. The molecule has 0 aromatic carbocycles. The number of rotatable bonds is 16. The summed E-state index contributed by atoms with van der Waals surface area (Å²) in [4.78, 5) is 11.2. The number of carbonyl (C=O) groups is 1. The third kappa shape index (κ3) is 17.8. The normalized spacial score (nSPS) is 12.1. The summed E-state index contributed by atoms with van der Waals surface area (Å²) in [5, 5.41) is 0. The molecular weight excluding hydrogens is 337 g/mol. The van der Waals surface area contributed by atoms with E-state index in [1.165, 1.54) is 25.7 Å². The summed E-state index contributed by atoms with van der Waals surface area (Å²) in [7, 11) is 4.82. The number of carbonyl (C=O) groups excluding carboxylic acids is 1. The summed E-state index contributed by atoms with van der Waals surface area (Å²) in [6.45, 7) is 7.16. The third-order valence-corrected chi connectivity index (χ3v) is 4.97. The maximum Gasteiger partial charge on any atom is 0.508 e. The molecule has 0 heterocycles. The fraction of sp³-hybridized carbons (Fsp3) is 0.842. The van der Waals surface area contributed by atoms with Crippen molar-refractivity contribution in [1.29, 1.82) is 0 Å². The predicted octanol–water partition coefficient (Wildman–Crippen LogP) is 4.69. The van der Waals surface area contributed by atoms with Crippen molar-refractivity contribution in [1.82, 2.24) is 0 Å². The van der Waals surface area contributed by atoms with Crippen LogP contribution in [-0.4, -0.2) is 57.5 Å². The number of unbranched alkanes of at least 4 members (excludes halogenated alkanes) is 7. The molecule has 6 heteroatoms. The SMILES string of the molecule is C=C(C)C(=O)OCCCCCCCCCC[P+](=O)OCC[N+](C)(C)C. The standard InChI is InChI=1S/C19H38NO4P/c1-18(2)19(21)23-15-12-10-8-6-7-9-11-13-17-25(22)24-16-14-20(3,4)5/h1,6-17H2,2-5H3/q+2. The second-order valence-electron chi connectivity index (χ2n) is 7.65. The molecule has 0 bridgehead atoms. The first-order valence-corrected chi connectivity index (χ1v) is 10.8. The van der Waals surface area contributed by atoms with Crippen molar-refractivity contribution in [3.8, 4) is 0 Å². The number of hydrogen-bond acceptors (Lipinski definition) is 4. The average molecular weight is 375 g/mol. The van der Waals surface area contributed by atoms with E-state index in [4.69, 9.17) is 9.26 Å². The highest BCUT2D eigenvalue weighted by Crippen LogP contribution is 2.24. The van der Waals surface area contributed by atoms with Crippen molar-refractivity contribution in [2.75, 3.05) is 47.1 Å². The molecule has 146 valence electrons. The number of ether oxygens (including phenoxy) is 1. The van der Waals surface area contributed by atoms with Crippen LogP contribution in [0.2, 0.25) is 0 Å². The Morgan fingerprint density at radius 1 is 0.920 bits per heavy atom. The molecule has 0 N–H and O–H groups in total. The lowest BCUT2D eigenvalue weighted by Crippen LogP contribution is -2.37. The molecule has 0 spiro atoms. The third-order valence-electron chi connectivity index (χ3n) is 3.81. The summed E-state index contributed by atoms with van der Waals surface area (Å²) in [5.74, 6) is -0.292. The molecule has 0 radical (unpaired) electrons. The highest BCUT2D eigenvalue weighted by Gasteiger charge is 2.18. The van der Waals surface area contributed by atoms with Crippen molar-refractivity contribution < 1.29 is 23.1 Å². The van der Waals surface area contributed by atoms with Crippen LogP contribution >= 0.6 is 8.03 Å². The summed E-state index contributed by atoms with van der Waals surface area (Å²) in [5.41, 5.74) is 0.459. The summed E-state index contributed by atoms with van der Waals surface area (Å²) < 4.78 is 23.0. The summed E-state index contributed by atoms with van der Waals surface area (Å²) in [6, 6.07) is 0. The molecule has 0 saturated heterocycles. The Morgan fingerprint density at radius 2 is 1.44 bits per heavy atom. The monoisotopic (exact) mass is 375 g/mol. The first-order chi connectivity index (χ1) is 11.7. The largest absolute Gasteiger partial charge is 0.508 e. The molecule has 0 aliphatic carbocycles. The first kappa shape index (κ1) is 24.2. The molecule has 0 aliphatic rings. The summed E-state index contributed by atoms with van der Waals surface area (Å²) >= 11 is 0. The predicted molar refractivity (Wildman–Crippen MR) is 104 cm³/mol. The summed E-state index contributed by atoms with van der Waals surface area (Å²) in [6.07, 6.45) is 9.58. The average Bonchev–Trinajstić information content (AvgIpc) is 2.50. The molecule has 0 aromatic heterocycles. The van der Waals surface area contributed by atoms with Crippen molar-refractivity contribution in [3.05, 3.63) is 12.2 Å². The highest BCUT2D eigenvalue weighted by atomic mass is 31.1. The van der Waals surface area contributed by atoms with Crippen LogP contribution < -0.4 is 0 Å². The topological polar surface area (TPSA) is 52.6 Å². The van der Waals surface area contributed by atoms with Crippen LogP contribution in [0.25, 0.3) is 0 Å². The van der Waals surface area contributed by atoms with Gasteiger partial charge in [0.2, 0.25) is 0 Å². The van der Waals surface area contributed by atoms with Gasteiger partial charge in [0.05, 0.1) is 27.7 Å². The highest BCUT2D eigenvalue weighted by molar-refractivity contribution is 7.39. The second kappa shape index (κ2) is 14.4. The zero-order valence-corrected chi connectivity index (χ0v) is 17.6. The molecule has 25 heavy (non-hydrogen) atoms. The number of likely N-dealkylation sites (N-methyl/N-ethyl adjacent to an activating group) is 1. The fourth-order valence-electron chi connectivity index (χ4n) is 2.17. The Labute approximate surface area is 155 Å². The van der Waals surface area contributed by atoms with E-state index in [1.807, 2.05) is 0 Å². The van der Waals surface area contributed by atoms with Crippen LogP contribution in [0, 0.1) is 0 Å². The van der Waals surface area contributed by atoms with Crippen molar-refractivity contribution >= 4 is 14.0 Å². The van der Waals surface area contributed by atoms with Gasteiger partial charge in [-0.1, -0.05) is 38.7 Å². The number of nitrogens with zero attached hydrogens (tertiary/aromatic N) is 1. The number of hydrogen-bond donors (Lipinski definition) is 0. The zero-order valence-electron chi connectivity index (χ0n) is 16.7. The molecule has 0 saturated carbocycles. The molecule has 1 unspecified atom stereocenters.